The fourth-order valence-electron chi connectivity index (χ4n) is 4.20. The number of rotatable bonds is 5. The smallest absolute Gasteiger partial charge is 0.205 e. The Balaban J connectivity index is 1.68. The lowest BCUT2D eigenvalue weighted by Gasteiger charge is -2.33. The van der Waals surface area contributed by atoms with Crippen molar-refractivity contribution in [3.63, 3.8) is 0 Å². The highest BCUT2D eigenvalue weighted by Crippen LogP contribution is 2.47. The van der Waals surface area contributed by atoms with Crippen LogP contribution in [0, 0.1) is 0 Å². The van der Waals surface area contributed by atoms with Gasteiger partial charge in [0.05, 0.1) is 33.3 Å². The van der Waals surface area contributed by atoms with E-state index in [1.807, 2.05) is 0 Å². The van der Waals surface area contributed by atoms with Crippen LogP contribution in [0.4, 0.5) is 0 Å². The van der Waals surface area contributed by atoms with E-state index in [1.165, 1.54) is 39.5 Å². The SMILES string of the molecule is COc1cc(O)c2c(=O)c3ccc4c(c3oc2c1)OC(CO)C(c1cc(OC)c(O)c(OC)c1)O4. The summed E-state index contributed by atoms with van der Waals surface area (Å²) >= 11 is 0. The minimum Gasteiger partial charge on any atom is -0.507 e. The van der Waals surface area contributed by atoms with Crippen LogP contribution in [0.5, 0.6) is 40.2 Å². The van der Waals surface area contributed by atoms with Crippen molar-refractivity contribution < 1.29 is 43.4 Å². The van der Waals surface area contributed by atoms with Gasteiger partial charge in [-0.05, 0) is 24.3 Å². The monoisotopic (exact) mass is 482 g/mol. The molecule has 1 aliphatic heterocycles. The van der Waals surface area contributed by atoms with E-state index in [0.717, 1.165) is 0 Å². The van der Waals surface area contributed by atoms with Gasteiger partial charge in [-0.15, -0.1) is 0 Å². The molecule has 3 N–H and O–H groups in total. The second kappa shape index (κ2) is 8.48. The molecule has 1 aliphatic rings. The molecular formula is C25H22O10. The molecular weight excluding hydrogens is 460 g/mol. The predicted molar refractivity (Wildman–Crippen MR) is 124 cm³/mol. The van der Waals surface area contributed by atoms with Crippen LogP contribution in [0.3, 0.4) is 0 Å². The van der Waals surface area contributed by atoms with Crippen LogP contribution in [0.15, 0.2) is 45.6 Å². The van der Waals surface area contributed by atoms with Crippen molar-refractivity contribution >= 4 is 21.9 Å². The zero-order valence-corrected chi connectivity index (χ0v) is 19.0. The van der Waals surface area contributed by atoms with Gasteiger partial charge in [-0.1, -0.05) is 0 Å². The van der Waals surface area contributed by atoms with Gasteiger partial charge in [0.25, 0.3) is 0 Å². The Morgan fingerprint density at radius 3 is 2.29 bits per heavy atom. The maximum atomic E-state index is 13.1. The molecule has 1 aromatic heterocycles. The third-order valence-corrected chi connectivity index (χ3v) is 5.92. The van der Waals surface area contributed by atoms with Crippen LogP contribution in [-0.4, -0.2) is 49.4 Å². The first-order valence-corrected chi connectivity index (χ1v) is 10.6. The summed E-state index contributed by atoms with van der Waals surface area (Å²) in [5, 5.41) is 30.9. The zero-order valence-electron chi connectivity index (χ0n) is 19.0. The molecule has 0 bridgehead atoms. The molecule has 3 aromatic carbocycles. The first kappa shape index (κ1) is 22.5. The van der Waals surface area contributed by atoms with Gasteiger partial charge in [-0.2, -0.15) is 0 Å². The van der Waals surface area contributed by atoms with Gasteiger partial charge in [0.1, 0.15) is 22.5 Å². The number of hydrogen-bond acceptors (Lipinski definition) is 10. The van der Waals surface area contributed by atoms with E-state index in [-0.39, 0.29) is 56.4 Å². The molecule has 35 heavy (non-hydrogen) atoms. The van der Waals surface area contributed by atoms with Crippen molar-refractivity contribution in [2.45, 2.75) is 12.2 Å². The maximum absolute atomic E-state index is 13.1. The Hall–Kier alpha value is -4.31. The van der Waals surface area contributed by atoms with Gasteiger partial charge >= 0.3 is 0 Å². The number of aromatic hydroxyl groups is 2. The van der Waals surface area contributed by atoms with Crippen LogP contribution in [-0.2, 0) is 0 Å². The Kier molecular flexibility index (Phi) is 5.45. The largest absolute Gasteiger partial charge is 0.507 e. The number of aliphatic hydroxyl groups excluding tert-OH is 1. The van der Waals surface area contributed by atoms with Gasteiger partial charge in [0.2, 0.25) is 16.9 Å². The van der Waals surface area contributed by atoms with Crippen LogP contribution in [0.2, 0.25) is 0 Å². The van der Waals surface area contributed by atoms with E-state index in [2.05, 4.69) is 0 Å². The van der Waals surface area contributed by atoms with E-state index < -0.39 is 24.2 Å². The Morgan fingerprint density at radius 1 is 0.943 bits per heavy atom. The van der Waals surface area contributed by atoms with Gasteiger partial charge < -0.3 is 43.4 Å². The number of phenolic OH excluding ortho intramolecular Hbond substituents is 2. The van der Waals surface area contributed by atoms with Crippen molar-refractivity contribution in [3.05, 3.63) is 52.2 Å². The molecule has 2 atom stereocenters. The summed E-state index contributed by atoms with van der Waals surface area (Å²) in [6.45, 7) is -0.432. The summed E-state index contributed by atoms with van der Waals surface area (Å²) in [5.41, 5.74) is 0.275. The second-order valence-electron chi connectivity index (χ2n) is 7.87. The predicted octanol–water partition coefficient (Wildman–Crippen LogP) is 3.26. The molecule has 0 spiro atoms. The molecule has 182 valence electrons. The van der Waals surface area contributed by atoms with Crippen molar-refractivity contribution in [2.75, 3.05) is 27.9 Å². The standard InChI is InChI=1S/C25H22O10/c1-30-12-8-14(27)20-16(9-12)34-24-13(21(20)28)4-5-15-25(24)35-19(10-26)23(33-15)11-6-17(31-2)22(29)18(7-11)32-3/h4-9,19,23,26-27,29H,10H2,1-3H3. The summed E-state index contributed by atoms with van der Waals surface area (Å²) in [4.78, 5) is 13.1. The quantitative estimate of drug-likeness (QED) is 0.364. The zero-order chi connectivity index (χ0) is 24.9. The van der Waals surface area contributed by atoms with Crippen LogP contribution < -0.4 is 29.1 Å². The maximum Gasteiger partial charge on any atom is 0.205 e. The topological polar surface area (TPSA) is 137 Å². The number of aliphatic hydroxyl groups is 1. The van der Waals surface area contributed by atoms with Gasteiger partial charge in [-0.3, -0.25) is 4.79 Å². The highest BCUT2D eigenvalue weighted by atomic mass is 16.6. The third kappa shape index (κ3) is 3.50. The Labute approximate surface area is 198 Å². The fourth-order valence-corrected chi connectivity index (χ4v) is 4.20. The third-order valence-electron chi connectivity index (χ3n) is 5.92. The molecule has 2 heterocycles. The van der Waals surface area contributed by atoms with Gasteiger partial charge in [0, 0.05) is 17.7 Å². The number of benzene rings is 3. The lowest BCUT2D eigenvalue weighted by Crippen LogP contribution is -2.36. The molecule has 2 unspecified atom stereocenters. The van der Waals surface area contributed by atoms with E-state index in [9.17, 15) is 20.1 Å². The molecule has 10 nitrogen and oxygen atoms in total. The van der Waals surface area contributed by atoms with Crippen molar-refractivity contribution in [2.24, 2.45) is 0 Å². The number of fused-ring (bicyclic) bond motifs is 4. The Bertz CT molecular complexity index is 1480. The Morgan fingerprint density at radius 2 is 1.66 bits per heavy atom. The lowest BCUT2D eigenvalue weighted by atomic mass is 10.0. The first-order chi connectivity index (χ1) is 16.9. The minimum absolute atomic E-state index is 0.00912. The normalized spacial score (nSPS) is 16.9. The van der Waals surface area contributed by atoms with Crippen molar-refractivity contribution in [1.82, 2.24) is 0 Å². The van der Waals surface area contributed by atoms with E-state index >= 15 is 0 Å². The molecule has 0 saturated carbocycles. The molecule has 10 heteroatoms. The lowest BCUT2D eigenvalue weighted by molar-refractivity contribution is -0.0118. The highest BCUT2D eigenvalue weighted by molar-refractivity contribution is 5.96. The average Bonchev–Trinajstić information content (AvgIpc) is 2.87. The molecule has 0 saturated heterocycles. The molecule has 5 rings (SSSR count). The van der Waals surface area contributed by atoms with Crippen molar-refractivity contribution in [3.8, 4) is 40.2 Å². The van der Waals surface area contributed by atoms with Gasteiger partial charge in [0.15, 0.2) is 35.0 Å². The van der Waals surface area contributed by atoms with Crippen LogP contribution in [0.25, 0.3) is 21.9 Å². The number of ether oxygens (including phenoxy) is 5. The van der Waals surface area contributed by atoms with E-state index in [4.69, 9.17) is 28.1 Å². The first-order valence-electron chi connectivity index (χ1n) is 10.6. The second-order valence-corrected chi connectivity index (χ2v) is 7.87. The summed E-state index contributed by atoms with van der Waals surface area (Å²) < 4.78 is 33.8. The minimum atomic E-state index is -0.897. The van der Waals surface area contributed by atoms with E-state index in [0.29, 0.717) is 11.3 Å². The molecule has 0 fully saturated rings. The van der Waals surface area contributed by atoms with Crippen molar-refractivity contribution in [1.29, 1.82) is 0 Å². The number of hydrogen-bond donors (Lipinski definition) is 3. The average molecular weight is 482 g/mol. The molecule has 4 aromatic rings. The molecule has 0 amide bonds. The number of phenols is 2. The summed E-state index contributed by atoms with van der Waals surface area (Å²) in [5.74, 6) is 0.598. The number of methoxy groups -OCH3 is 3. The molecule has 0 aliphatic carbocycles. The summed E-state index contributed by atoms with van der Waals surface area (Å²) in [6, 6.07) is 9.00. The summed E-state index contributed by atoms with van der Waals surface area (Å²) in [7, 11) is 4.24. The van der Waals surface area contributed by atoms with Gasteiger partial charge in [-0.25, -0.2) is 0 Å². The fraction of sp³-hybridized carbons (Fsp3) is 0.240. The van der Waals surface area contributed by atoms with E-state index in [1.54, 1.807) is 18.2 Å². The summed E-state index contributed by atoms with van der Waals surface area (Å²) in [6.07, 6.45) is -1.70. The van der Waals surface area contributed by atoms with Crippen LogP contribution in [0.1, 0.15) is 11.7 Å². The van der Waals surface area contributed by atoms with Crippen LogP contribution >= 0.6 is 0 Å². The molecule has 0 radical (unpaired) electrons. The highest BCUT2D eigenvalue weighted by Gasteiger charge is 2.36.